The molecule has 6 fully saturated rings. The lowest BCUT2D eigenvalue weighted by Crippen LogP contribution is -2.46. The van der Waals surface area contributed by atoms with Gasteiger partial charge in [0.25, 0.3) is 0 Å². The van der Waals surface area contributed by atoms with Gasteiger partial charge in [-0.1, -0.05) is 30.1 Å². The van der Waals surface area contributed by atoms with Crippen molar-refractivity contribution >= 4 is 5.71 Å². The zero-order valence-corrected chi connectivity index (χ0v) is 21.7. The molecule has 0 spiro atoms. The monoisotopic (exact) mass is 464 g/mol. The number of benzene rings is 1. The molecule has 7 rings (SSSR count). The Hall–Kier alpha value is -1.55. The van der Waals surface area contributed by atoms with Gasteiger partial charge in [0, 0.05) is 17.9 Å². The summed E-state index contributed by atoms with van der Waals surface area (Å²) in [5.41, 5.74) is 4.82. The second-order valence-electron chi connectivity index (χ2n) is 12.8. The van der Waals surface area contributed by atoms with Crippen molar-refractivity contribution in [3.8, 4) is 5.75 Å². The van der Waals surface area contributed by atoms with E-state index in [1.807, 2.05) is 0 Å². The molecule has 1 aromatic rings. The highest BCUT2D eigenvalue weighted by atomic mass is 16.6. The molecule has 4 heteroatoms. The molecule has 0 aromatic heterocycles. The first-order valence-electron chi connectivity index (χ1n) is 14.0. The minimum absolute atomic E-state index is 0.238. The second kappa shape index (κ2) is 8.84. The van der Waals surface area contributed by atoms with Crippen molar-refractivity contribution in [2.45, 2.75) is 95.4 Å². The Labute approximate surface area is 206 Å². The van der Waals surface area contributed by atoms with Crippen LogP contribution >= 0.6 is 0 Å². The van der Waals surface area contributed by atoms with E-state index >= 15 is 0 Å². The summed E-state index contributed by atoms with van der Waals surface area (Å²) in [5.74, 6) is 4.01. The Morgan fingerprint density at radius 1 is 1.06 bits per heavy atom. The van der Waals surface area contributed by atoms with Gasteiger partial charge in [-0.15, -0.1) is 0 Å². The average Bonchev–Trinajstić information content (AvgIpc) is 3.02. The van der Waals surface area contributed by atoms with Gasteiger partial charge in [-0.2, -0.15) is 0 Å². The number of hydrogen-bond donors (Lipinski definition) is 0. The quantitative estimate of drug-likeness (QED) is 0.356. The van der Waals surface area contributed by atoms with Crippen LogP contribution in [0.3, 0.4) is 0 Å². The molecule has 5 aliphatic carbocycles. The molecule has 34 heavy (non-hydrogen) atoms. The molecular weight excluding hydrogens is 420 g/mol. The highest BCUT2D eigenvalue weighted by molar-refractivity contribution is 5.86. The summed E-state index contributed by atoms with van der Waals surface area (Å²) >= 11 is 0. The molecule has 186 valence electrons. The van der Waals surface area contributed by atoms with E-state index < -0.39 is 0 Å². The number of likely N-dealkylation sites (tertiary alicyclic amines) is 1. The summed E-state index contributed by atoms with van der Waals surface area (Å²) in [4.78, 5) is 8.64. The van der Waals surface area contributed by atoms with Crippen LogP contribution in [0, 0.1) is 30.1 Å². The molecule has 6 aliphatic rings. The van der Waals surface area contributed by atoms with Crippen molar-refractivity contribution in [3.05, 3.63) is 29.3 Å². The van der Waals surface area contributed by atoms with Crippen molar-refractivity contribution in [1.82, 2.24) is 4.90 Å². The van der Waals surface area contributed by atoms with Crippen LogP contribution in [0.4, 0.5) is 0 Å². The van der Waals surface area contributed by atoms with Crippen LogP contribution in [0.5, 0.6) is 5.75 Å². The highest BCUT2D eigenvalue weighted by Crippen LogP contribution is 2.59. The molecule has 1 aliphatic heterocycles. The van der Waals surface area contributed by atoms with Gasteiger partial charge in [0.2, 0.25) is 0 Å². The number of methoxy groups -OCH3 is 1. The van der Waals surface area contributed by atoms with E-state index in [2.05, 4.69) is 37.1 Å². The predicted octanol–water partition coefficient (Wildman–Crippen LogP) is 6.50. The highest BCUT2D eigenvalue weighted by Gasteiger charge is 2.50. The van der Waals surface area contributed by atoms with E-state index in [4.69, 9.17) is 14.7 Å². The summed E-state index contributed by atoms with van der Waals surface area (Å²) in [5, 5.41) is 4.76. The third kappa shape index (κ3) is 3.98. The number of nitrogens with zero attached hydrogens (tertiary/aromatic N) is 2. The zero-order chi connectivity index (χ0) is 23.3. The fourth-order valence-electron chi connectivity index (χ4n) is 9.28. The largest absolute Gasteiger partial charge is 0.496 e. The number of ether oxygens (including phenoxy) is 1. The standard InChI is InChI=1S/C30H44N2O2/c1-21-14-25(6-7-27(21)33-3)30-9-8-26(17-28(30)32(2)12-10-30)31-34-13-11-29-18-22-4-5-23(19-29)16-24(15-22)20-29/h6-7,14,22-24,28H,4-5,8-13,15-20H2,1-3H3/b31-26+. The van der Waals surface area contributed by atoms with E-state index in [0.717, 1.165) is 49.5 Å². The molecular formula is C30H44N2O2. The van der Waals surface area contributed by atoms with Crippen molar-refractivity contribution in [2.24, 2.45) is 28.3 Å². The Bertz CT molecular complexity index is 926. The molecule has 1 aromatic carbocycles. The van der Waals surface area contributed by atoms with Gasteiger partial charge in [0.1, 0.15) is 12.4 Å². The molecule has 0 amide bonds. The molecule has 4 nitrogen and oxygen atoms in total. The fraction of sp³-hybridized carbons (Fsp3) is 0.767. The maximum Gasteiger partial charge on any atom is 0.121 e. The third-order valence-electron chi connectivity index (χ3n) is 10.7. The van der Waals surface area contributed by atoms with Crippen molar-refractivity contribution in [1.29, 1.82) is 0 Å². The lowest BCUT2D eigenvalue weighted by atomic mass is 9.57. The van der Waals surface area contributed by atoms with Gasteiger partial charge >= 0.3 is 0 Å². The maximum atomic E-state index is 6.08. The minimum Gasteiger partial charge on any atom is -0.496 e. The van der Waals surface area contributed by atoms with Crippen LogP contribution in [0.2, 0.25) is 0 Å². The summed E-state index contributed by atoms with van der Waals surface area (Å²) in [7, 11) is 4.06. The number of fused-ring (bicyclic) bond motifs is 2. The minimum atomic E-state index is 0.238. The molecule has 1 saturated heterocycles. The second-order valence-corrected chi connectivity index (χ2v) is 12.8. The number of rotatable bonds is 6. The van der Waals surface area contributed by atoms with E-state index in [-0.39, 0.29) is 5.41 Å². The van der Waals surface area contributed by atoms with Gasteiger partial charge in [0.05, 0.1) is 12.8 Å². The lowest BCUT2D eigenvalue weighted by molar-refractivity contribution is 0.000716. The van der Waals surface area contributed by atoms with Crippen LogP contribution in [-0.2, 0) is 10.3 Å². The van der Waals surface area contributed by atoms with Crippen LogP contribution in [0.15, 0.2) is 23.4 Å². The van der Waals surface area contributed by atoms with Gasteiger partial charge in [-0.3, -0.25) is 0 Å². The first-order chi connectivity index (χ1) is 16.5. The summed E-state index contributed by atoms with van der Waals surface area (Å²) in [6.45, 7) is 4.15. The normalized spacial score (nSPS) is 40.4. The van der Waals surface area contributed by atoms with E-state index in [0.29, 0.717) is 11.5 Å². The van der Waals surface area contributed by atoms with Crippen molar-refractivity contribution < 1.29 is 9.57 Å². The lowest BCUT2D eigenvalue weighted by Gasteiger charge is -2.48. The molecule has 0 radical (unpaired) electrons. The fourth-order valence-corrected chi connectivity index (χ4v) is 9.28. The molecule has 5 saturated carbocycles. The summed E-state index contributed by atoms with van der Waals surface area (Å²) in [6.07, 6.45) is 16.2. The van der Waals surface area contributed by atoms with Gasteiger partial charge in [-0.05, 0) is 119 Å². The topological polar surface area (TPSA) is 34.1 Å². The third-order valence-corrected chi connectivity index (χ3v) is 10.7. The number of oxime groups is 1. The van der Waals surface area contributed by atoms with E-state index in [1.54, 1.807) is 7.11 Å². The Kier molecular flexibility index (Phi) is 5.95. The summed E-state index contributed by atoms with van der Waals surface area (Å²) in [6, 6.07) is 7.36. The van der Waals surface area contributed by atoms with Gasteiger partial charge < -0.3 is 14.5 Å². The Morgan fingerprint density at radius 3 is 2.56 bits per heavy atom. The smallest absolute Gasteiger partial charge is 0.121 e. The maximum absolute atomic E-state index is 6.08. The van der Waals surface area contributed by atoms with Crippen LogP contribution < -0.4 is 4.74 Å². The molecule has 4 bridgehead atoms. The van der Waals surface area contributed by atoms with Crippen molar-refractivity contribution in [3.63, 3.8) is 0 Å². The number of likely N-dealkylation sites (N-methyl/N-ethyl adjacent to an activating group) is 1. The molecule has 1 heterocycles. The van der Waals surface area contributed by atoms with Crippen LogP contribution in [0.1, 0.15) is 88.2 Å². The Morgan fingerprint density at radius 2 is 1.82 bits per heavy atom. The first-order valence-corrected chi connectivity index (χ1v) is 14.0. The SMILES string of the molecule is COc1ccc(C23CC/C(=N\OCCC45CC6CCC(CC(C6)C4)C5)CC2N(C)CC3)cc1C. The molecule has 4 unspecified atom stereocenters. The van der Waals surface area contributed by atoms with Gasteiger partial charge in [-0.25, -0.2) is 0 Å². The Balaban J connectivity index is 1.10. The predicted molar refractivity (Wildman–Crippen MR) is 138 cm³/mol. The van der Waals surface area contributed by atoms with Gasteiger partial charge in [0.15, 0.2) is 0 Å². The summed E-state index contributed by atoms with van der Waals surface area (Å²) < 4.78 is 5.53. The van der Waals surface area contributed by atoms with E-state index in [1.165, 1.54) is 81.0 Å². The van der Waals surface area contributed by atoms with Crippen LogP contribution in [0.25, 0.3) is 0 Å². The number of hydrogen-bond acceptors (Lipinski definition) is 4. The zero-order valence-electron chi connectivity index (χ0n) is 21.7. The molecule has 4 atom stereocenters. The van der Waals surface area contributed by atoms with E-state index in [9.17, 15) is 0 Å². The molecule has 0 N–H and O–H groups in total. The number of aryl methyl sites for hydroxylation is 1. The van der Waals surface area contributed by atoms with Crippen LogP contribution in [-0.4, -0.2) is 44.0 Å². The average molecular weight is 465 g/mol. The van der Waals surface area contributed by atoms with Crippen molar-refractivity contribution in [2.75, 3.05) is 27.3 Å². The first kappa shape index (κ1) is 22.9.